The first-order valence-electron chi connectivity index (χ1n) is 11.3. The van der Waals surface area contributed by atoms with Gasteiger partial charge >= 0.3 is 12.1 Å². The molecule has 0 unspecified atom stereocenters. The summed E-state index contributed by atoms with van der Waals surface area (Å²) in [7, 11) is -3.95. The van der Waals surface area contributed by atoms with Gasteiger partial charge in [-0.2, -0.15) is 13.2 Å². The zero-order valence-corrected chi connectivity index (χ0v) is 21.0. The normalized spacial score (nSPS) is 13.8. The van der Waals surface area contributed by atoms with E-state index in [2.05, 4.69) is 14.9 Å². The third-order valence-corrected chi connectivity index (χ3v) is 6.74. The molecule has 3 N–H and O–H groups in total. The second-order valence-corrected chi connectivity index (χ2v) is 9.49. The Morgan fingerprint density at radius 1 is 1.05 bits per heavy atom. The van der Waals surface area contributed by atoms with Crippen LogP contribution in [0.15, 0.2) is 47.4 Å². The molecular weight excluding hydrogens is 520 g/mol. The number of alkyl halides is 3. The minimum absolute atomic E-state index is 0.0457. The van der Waals surface area contributed by atoms with Gasteiger partial charge in [-0.3, -0.25) is 9.52 Å². The molecule has 2 aromatic carbocycles. The van der Waals surface area contributed by atoms with Crippen LogP contribution in [0.3, 0.4) is 0 Å². The minimum Gasteiger partial charge on any atom is -0.475 e. The lowest BCUT2D eigenvalue weighted by Crippen LogP contribution is -2.43. The van der Waals surface area contributed by atoms with Crippen LogP contribution in [-0.2, 0) is 14.8 Å². The number of hydrogen-bond donors (Lipinski definition) is 3. The summed E-state index contributed by atoms with van der Waals surface area (Å²) in [6.07, 6.45) is -5.08. The second-order valence-electron chi connectivity index (χ2n) is 7.81. The summed E-state index contributed by atoms with van der Waals surface area (Å²) in [5, 5.41) is 10.4. The van der Waals surface area contributed by atoms with Crippen molar-refractivity contribution < 1.29 is 40.7 Å². The first kappa shape index (κ1) is 29.8. The fourth-order valence-electron chi connectivity index (χ4n) is 3.44. The first-order valence-corrected chi connectivity index (χ1v) is 12.8. The molecule has 0 spiro atoms. The number of aliphatic carboxylic acids is 1. The molecule has 0 radical (unpaired) electrons. The molecule has 0 aliphatic carbocycles. The van der Waals surface area contributed by atoms with Gasteiger partial charge in [0.2, 0.25) is 0 Å². The van der Waals surface area contributed by atoms with Gasteiger partial charge in [0.1, 0.15) is 5.82 Å². The van der Waals surface area contributed by atoms with E-state index in [0.29, 0.717) is 43.1 Å². The molecule has 1 aliphatic heterocycles. The zero-order valence-electron chi connectivity index (χ0n) is 20.2. The Labute approximate surface area is 212 Å². The molecule has 0 aromatic heterocycles. The fourth-order valence-corrected chi connectivity index (χ4v) is 4.51. The van der Waals surface area contributed by atoms with E-state index in [0.717, 1.165) is 25.2 Å². The lowest BCUT2D eigenvalue weighted by atomic mass is 10.1. The van der Waals surface area contributed by atoms with Gasteiger partial charge < -0.3 is 20.2 Å². The molecule has 0 bridgehead atoms. The minimum atomic E-state index is -5.08. The van der Waals surface area contributed by atoms with E-state index in [1.807, 2.05) is 13.8 Å². The summed E-state index contributed by atoms with van der Waals surface area (Å²) < 4.78 is 73.4. The monoisotopic (exact) mass is 548 g/mol. The van der Waals surface area contributed by atoms with E-state index >= 15 is 0 Å². The average Bonchev–Trinajstić information content (AvgIpc) is 2.85. The van der Waals surface area contributed by atoms with Gasteiger partial charge in [0.15, 0.2) is 0 Å². The van der Waals surface area contributed by atoms with Gasteiger partial charge in [-0.15, -0.1) is 0 Å². The lowest BCUT2D eigenvalue weighted by Gasteiger charge is -2.31. The Morgan fingerprint density at radius 3 is 2.08 bits per heavy atom. The van der Waals surface area contributed by atoms with Gasteiger partial charge in [-0.05, 0) is 56.3 Å². The summed E-state index contributed by atoms with van der Waals surface area (Å²) in [6.45, 7) is 7.91. The van der Waals surface area contributed by atoms with Crippen LogP contribution < -0.4 is 14.9 Å². The number of nitrogens with one attached hydrogen (secondary N) is 2. The van der Waals surface area contributed by atoms with Crippen molar-refractivity contribution in [1.82, 2.24) is 10.2 Å². The topological polar surface area (TPSA) is 119 Å². The van der Waals surface area contributed by atoms with Crippen molar-refractivity contribution >= 4 is 33.3 Å². The molecule has 0 atom stereocenters. The van der Waals surface area contributed by atoms with Crippen LogP contribution in [0.1, 0.15) is 24.2 Å². The van der Waals surface area contributed by atoms with Gasteiger partial charge in [0, 0.05) is 44.8 Å². The summed E-state index contributed by atoms with van der Waals surface area (Å²) in [6, 6.07) is 9.73. The SMILES string of the molecule is CCN(CC)C(=O)c1ccc(N2CCNCC2)c(NS(=O)(=O)c2ccc(F)cc2)c1.O=C(O)C(F)(F)F. The number of benzene rings is 2. The van der Waals surface area contributed by atoms with Crippen LogP contribution in [0.2, 0.25) is 0 Å². The number of piperazine rings is 1. The Balaban J connectivity index is 0.000000604. The molecule has 204 valence electrons. The Morgan fingerprint density at radius 2 is 1.59 bits per heavy atom. The molecule has 9 nitrogen and oxygen atoms in total. The summed E-state index contributed by atoms with van der Waals surface area (Å²) >= 11 is 0. The highest BCUT2D eigenvalue weighted by Gasteiger charge is 2.38. The molecule has 14 heteroatoms. The number of halogens is 4. The largest absolute Gasteiger partial charge is 0.490 e. The van der Waals surface area contributed by atoms with Gasteiger partial charge in [0.05, 0.1) is 16.3 Å². The molecule has 1 fully saturated rings. The van der Waals surface area contributed by atoms with Crippen LogP contribution in [-0.4, -0.2) is 75.7 Å². The smallest absolute Gasteiger partial charge is 0.475 e. The highest BCUT2D eigenvalue weighted by atomic mass is 32.2. The second kappa shape index (κ2) is 12.7. The molecule has 2 aromatic rings. The number of sulfonamides is 1. The summed E-state index contributed by atoms with van der Waals surface area (Å²) in [5.41, 5.74) is 1.45. The third kappa shape index (κ3) is 8.32. The van der Waals surface area contributed by atoms with Crippen LogP contribution >= 0.6 is 0 Å². The number of amides is 1. The molecule has 37 heavy (non-hydrogen) atoms. The van der Waals surface area contributed by atoms with E-state index in [4.69, 9.17) is 9.90 Å². The number of anilines is 2. The molecule has 1 saturated heterocycles. The van der Waals surface area contributed by atoms with Crippen LogP contribution in [0.5, 0.6) is 0 Å². The number of carboxylic acids is 1. The van der Waals surface area contributed by atoms with E-state index in [1.165, 1.54) is 12.1 Å². The molecule has 1 aliphatic rings. The van der Waals surface area contributed by atoms with Gasteiger partial charge in [-0.25, -0.2) is 17.6 Å². The number of carboxylic acid groups (broad SMARTS) is 1. The van der Waals surface area contributed by atoms with Gasteiger partial charge in [0.25, 0.3) is 15.9 Å². The maximum Gasteiger partial charge on any atom is 0.490 e. The first-order chi connectivity index (χ1) is 17.3. The van der Waals surface area contributed by atoms with Crippen molar-refractivity contribution in [2.75, 3.05) is 48.9 Å². The number of carbonyl (C=O) groups is 2. The van der Waals surface area contributed by atoms with Crippen molar-refractivity contribution in [3.63, 3.8) is 0 Å². The predicted octanol–water partition coefficient (Wildman–Crippen LogP) is 3.15. The molecule has 1 heterocycles. The van der Waals surface area contributed by atoms with Crippen molar-refractivity contribution in [3.8, 4) is 0 Å². The molecule has 3 rings (SSSR count). The lowest BCUT2D eigenvalue weighted by molar-refractivity contribution is -0.192. The standard InChI is InChI=1S/C21H27FN4O3S.C2HF3O2/c1-3-25(4-2)21(27)16-5-10-20(26-13-11-23-12-14-26)19(15-16)24-30(28,29)18-8-6-17(22)7-9-18;3-2(4,5)1(6)7/h5-10,15,23-24H,3-4,11-14H2,1-2H3;(H,6,7). The molecular formula is C23H28F4N4O5S. The molecule has 0 saturated carbocycles. The summed E-state index contributed by atoms with van der Waals surface area (Å²) in [5.74, 6) is -3.43. The third-order valence-electron chi connectivity index (χ3n) is 5.36. The van der Waals surface area contributed by atoms with E-state index in [9.17, 15) is 30.8 Å². The Kier molecular flexibility index (Phi) is 10.3. The predicted molar refractivity (Wildman–Crippen MR) is 130 cm³/mol. The Bertz CT molecular complexity index is 1180. The van der Waals surface area contributed by atoms with Crippen LogP contribution in [0.25, 0.3) is 0 Å². The molecule has 1 amide bonds. The highest BCUT2D eigenvalue weighted by Crippen LogP contribution is 2.30. The zero-order chi connectivity index (χ0) is 27.8. The van der Waals surface area contributed by atoms with Crippen LogP contribution in [0, 0.1) is 5.82 Å². The number of hydrogen-bond acceptors (Lipinski definition) is 6. The number of carbonyl (C=O) groups excluding carboxylic acids is 1. The maximum absolute atomic E-state index is 13.2. The Hall–Kier alpha value is -3.39. The van der Waals surface area contributed by atoms with E-state index < -0.39 is 28.0 Å². The number of rotatable bonds is 7. The quantitative estimate of drug-likeness (QED) is 0.455. The van der Waals surface area contributed by atoms with Crippen molar-refractivity contribution in [1.29, 1.82) is 0 Å². The van der Waals surface area contributed by atoms with E-state index in [-0.39, 0.29) is 10.8 Å². The highest BCUT2D eigenvalue weighted by molar-refractivity contribution is 7.92. The van der Waals surface area contributed by atoms with Crippen LogP contribution in [0.4, 0.5) is 28.9 Å². The van der Waals surface area contributed by atoms with E-state index in [1.54, 1.807) is 23.1 Å². The average molecular weight is 549 g/mol. The maximum atomic E-state index is 13.2. The van der Waals surface area contributed by atoms with Crippen molar-refractivity contribution in [3.05, 3.63) is 53.8 Å². The van der Waals surface area contributed by atoms with Gasteiger partial charge in [-0.1, -0.05) is 0 Å². The fraction of sp³-hybridized carbons (Fsp3) is 0.391. The van der Waals surface area contributed by atoms with Crippen molar-refractivity contribution in [2.45, 2.75) is 24.9 Å². The summed E-state index contributed by atoms with van der Waals surface area (Å²) in [4.78, 5) is 25.4. The number of nitrogens with zero attached hydrogens (tertiary/aromatic N) is 2. The van der Waals surface area contributed by atoms with Crippen molar-refractivity contribution in [2.24, 2.45) is 0 Å².